The predicted molar refractivity (Wildman–Crippen MR) is 81.8 cm³/mol. The summed E-state index contributed by atoms with van der Waals surface area (Å²) in [6.07, 6.45) is 1.88. The van der Waals surface area contributed by atoms with E-state index in [4.69, 9.17) is 16.7 Å². The molecule has 0 spiro atoms. The molecule has 0 unspecified atom stereocenters. The second-order valence-electron chi connectivity index (χ2n) is 5.25. The number of hydrogen-bond donors (Lipinski definition) is 2. The number of rotatable bonds is 4. The molecule has 1 aliphatic carbocycles. The quantitative estimate of drug-likeness (QED) is 0.913. The molecule has 0 aliphatic heterocycles. The lowest BCUT2D eigenvalue weighted by atomic mass is 10.0. The summed E-state index contributed by atoms with van der Waals surface area (Å²) in [5.74, 6) is -0.333. The first kappa shape index (κ1) is 14.2. The number of carbonyl (C=O) groups is 1. The van der Waals surface area contributed by atoms with Gasteiger partial charge in [-0.15, -0.1) is 0 Å². The van der Waals surface area contributed by atoms with Crippen LogP contribution in [0.1, 0.15) is 23.2 Å². The Morgan fingerprint density at radius 1 is 1.29 bits per heavy atom. The van der Waals surface area contributed by atoms with Gasteiger partial charge in [-0.25, -0.2) is 0 Å². The highest BCUT2D eigenvalue weighted by Crippen LogP contribution is 2.36. The van der Waals surface area contributed by atoms with Gasteiger partial charge in [-0.2, -0.15) is 0 Å². The van der Waals surface area contributed by atoms with Crippen LogP contribution >= 0.6 is 11.6 Å². The maximum absolute atomic E-state index is 12.6. The van der Waals surface area contributed by atoms with E-state index in [1.54, 1.807) is 23.1 Å². The van der Waals surface area contributed by atoms with E-state index in [1.165, 1.54) is 6.07 Å². The monoisotopic (exact) mass is 305 g/mol. The fourth-order valence-electron chi connectivity index (χ4n) is 2.58. The molecule has 0 heterocycles. The zero-order chi connectivity index (χ0) is 15.0. The van der Waals surface area contributed by atoms with Crippen LogP contribution in [0.2, 0.25) is 5.02 Å². The second kappa shape index (κ2) is 5.54. The van der Waals surface area contributed by atoms with E-state index in [1.807, 2.05) is 6.07 Å². The number of aliphatic hydroxyl groups is 1. The Kier molecular flexibility index (Phi) is 3.74. The molecule has 0 saturated heterocycles. The summed E-state index contributed by atoms with van der Waals surface area (Å²) >= 11 is 6.22. The fourth-order valence-corrected chi connectivity index (χ4v) is 2.85. The smallest absolute Gasteiger partial charge is 0.258 e. The van der Waals surface area contributed by atoms with Gasteiger partial charge in [0.1, 0.15) is 5.75 Å². The van der Waals surface area contributed by atoms with Gasteiger partial charge in [0.25, 0.3) is 5.91 Å². The molecular formula is C16H16ClNO3. The number of hydrogen-bond acceptors (Lipinski definition) is 3. The standard InChI is InChI=1S/C16H16ClNO3/c17-14-9-13(15(20)12-4-2-1-3-11(12)14)16(21)18(7-8-19)10-5-6-10/h1-4,9-10,19-20H,5-8H2. The molecule has 1 aliphatic rings. The molecule has 2 aromatic rings. The molecule has 1 fully saturated rings. The number of halogens is 1. The third-order valence-electron chi connectivity index (χ3n) is 3.79. The number of phenolic OH excluding ortho intramolecular Hbond substituents is 1. The molecule has 2 N–H and O–H groups in total. The van der Waals surface area contributed by atoms with Crippen LogP contribution in [-0.4, -0.2) is 40.2 Å². The topological polar surface area (TPSA) is 60.8 Å². The molecular weight excluding hydrogens is 290 g/mol. The Balaban J connectivity index is 2.07. The lowest BCUT2D eigenvalue weighted by Gasteiger charge is -2.22. The van der Waals surface area contributed by atoms with Crippen molar-refractivity contribution >= 4 is 28.3 Å². The molecule has 2 aromatic carbocycles. The lowest BCUT2D eigenvalue weighted by molar-refractivity contribution is 0.0705. The van der Waals surface area contributed by atoms with Crippen molar-refractivity contribution in [1.29, 1.82) is 0 Å². The minimum atomic E-state index is -0.281. The third kappa shape index (κ3) is 2.57. The van der Waals surface area contributed by atoms with Gasteiger partial charge >= 0.3 is 0 Å². The largest absolute Gasteiger partial charge is 0.506 e. The van der Waals surface area contributed by atoms with E-state index in [0.29, 0.717) is 15.8 Å². The maximum Gasteiger partial charge on any atom is 0.258 e. The van der Waals surface area contributed by atoms with Crippen LogP contribution in [0, 0.1) is 0 Å². The van der Waals surface area contributed by atoms with Crippen molar-refractivity contribution < 1.29 is 15.0 Å². The van der Waals surface area contributed by atoms with Gasteiger partial charge in [0, 0.05) is 28.4 Å². The van der Waals surface area contributed by atoms with Gasteiger partial charge in [-0.3, -0.25) is 4.79 Å². The molecule has 110 valence electrons. The highest BCUT2D eigenvalue weighted by molar-refractivity contribution is 6.36. The number of aromatic hydroxyl groups is 1. The van der Waals surface area contributed by atoms with E-state index in [-0.39, 0.29) is 36.4 Å². The highest BCUT2D eigenvalue weighted by atomic mass is 35.5. The molecule has 1 saturated carbocycles. The van der Waals surface area contributed by atoms with Crippen molar-refractivity contribution in [2.24, 2.45) is 0 Å². The number of fused-ring (bicyclic) bond motifs is 1. The van der Waals surface area contributed by atoms with Crippen LogP contribution in [0.25, 0.3) is 10.8 Å². The average Bonchev–Trinajstić information content (AvgIpc) is 3.32. The molecule has 0 atom stereocenters. The first-order valence-electron chi connectivity index (χ1n) is 6.95. The van der Waals surface area contributed by atoms with Crippen molar-refractivity contribution in [1.82, 2.24) is 4.90 Å². The first-order valence-corrected chi connectivity index (χ1v) is 7.33. The fraction of sp³-hybridized carbons (Fsp3) is 0.312. The minimum absolute atomic E-state index is 0.0522. The number of phenols is 1. The number of nitrogens with zero attached hydrogens (tertiary/aromatic N) is 1. The molecule has 0 aromatic heterocycles. The van der Waals surface area contributed by atoms with Gasteiger partial charge in [0.05, 0.1) is 12.2 Å². The Hall–Kier alpha value is -1.78. The summed E-state index contributed by atoms with van der Waals surface area (Å²) in [6.45, 7) is 0.178. The van der Waals surface area contributed by atoms with Gasteiger partial charge in [0.15, 0.2) is 0 Å². The van der Waals surface area contributed by atoms with Gasteiger partial charge in [-0.05, 0) is 18.9 Å². The lowest BCUT2D eigenvalue weighted by Crippen LogP contribution is -2.35. The summed E-state index contributed by atoms with van der Waals surface area (Å²) in [4.78, 5) is 14.2. The average molecular weight is 306 g/mol. The van der Waals surface area contributed by atoms with Crippen LogP contribution in [-0.2, 0) is 0 Å². The van der Waals surface area contributed by atoms with Crippen LogP contribution < -0.4 is 0 Å². The van der Waals surface area contributed by atoms with E-state index in [9.17, 15) is 9.90 Å². The Morgan fingerprint density at radius 3 is 2.57 bits per heavy atom. The van der Waals surface area contributed by atoms with Crippen molar-refractivity contribution in [2.75, 3.05) is 13.2 Å². The van der Waals surface area contributed by atoms with Crippen LogP contribution in [0.4, 0.5) is 0 Å². The molecule has 21 heavy (non-hydrogen) atoms. The Morgan fingerprint density at radius 2 is 1.95 bits per heavy atom. The van der Waals surface area contributed by atoms with Gasteiger partial charge in [-0.1, -0.05) is 35.9 Å². The normalized spacial score (nSPS) is 14.4. The predicted octanol–water partition coefficient (Wildman–Crippen LogP) is 2.80. The first-order chi connectivity index (χ1) is 10.1. The molecule has 0 bridgehead atoms. The number of aliphatic hydroxyl groups excluding tert-OH is 1. The summed E-state index contributed by atoms with van der Waals surface area (Å²) in [5.41, 5.74) is 0.194. The Labute approximate surface area is 127 Å². The zero-order valence-electron chi connectivity index (χ0n) is 11.4. The third-order valence-corrected chi connectivity index (χ3v) is 4.10. The number of benzene rings is 2. The van der Waals surface area contributed by atoms with Crippen molar-refractivity contribution in [3.63, 3.8) is 0 Å². The summed E-state index contributed by atoms with van der Waals surface area (Å²) in [6, 6.07) is 8.83. The summed E-state index contributed by atoms with van der Waals surface area (Å²) in [5, 5.41) is 21.2. The van der Waals surface area contributed by atoms with Crippen molar-refractivity contribution in [3.8, 4) is 5.75 Å². The second-order valence-corrected chi connectivity index (χ2v) is 5.66. The molecule has 4 nitrogen and oxygen atoms in total. The molecule has 0 radical (unpaired) electrons. The van der Waals surface area contributed by atoms with E-state index in [2.05, 4.69) is 0 Å². The van der Waals surface area contributed by atoms with Gasteiger partial charge < -0.3 is 15.1 Å². The number of amides is 1. The zero-order valence-corrected chi connectivity index (χ0v) is 12.2. The summed E-state index contributed by atoms with van der Waals surface area (Å²) in [7, 11) is 0. The summed E-state index contributed by atoms with van der Waals surface area (Å²) < 4.78 is 0. The van der Waals surface area contributed by atoms with E-state index >= 15 is 0 Å². The maximum atomic E-state index is 12.6. The highest BCUT2D eigenvalue weighted by Gasteiger charge is 2.34. The van der Waals surface area contributed by atoms with Crippen molar-refractivity contribution in [3.05, 3.63) is 40.9 Å². The minimum Gasteiger partial charge on any atom is -0.506 e. The van der Waals surface area contributed by atoms with Crippen LogP contribution in [0.15, 0.2) is 30.3 Å². The van der Waals surface area contributed by atoms with Crippen molar-refractivity contribution in [2.45, 2.75) is 18.9 Å². The Bertz CT molecular complexity index is 697. The SMILES string of the molecule is O=C(c1cc(Cl)c2ccccc2c1O)N(CCO)C1CC1. The van der Waals surface area contributed by atoms with E-state index < -0.39 is 0 Å². The molecule has 5 heteroatoms. The van der Waals surface area contributed by atoms with E-state index in [0.717, 1.165) is 12.8 Å². The van der Waals surface area contributed by atoms with Crippen LogP contribution in [0.5, 0.6) is 5.75 Å². The van der Waals surface area contributed by atoms with Gasteiger partial charge in [0.2, 0.25) is 0 Å². The molecule has 3 rings (SSSR count). The molecule has 1 amide bonds. The van der Waals surface area contributed by atoms with Crippen LogP contribution in [0.3, 0.4) is 0 Å². The number of carbonyl (C=O) groups excluding carboxylic acids is 1.